The first kappa shape index (κ1) is 14.8. The lowest BCUT2D eigenvalue weighted by Crippen LogP contribution is -2.41. The second kappa shape index (κ2) is 7.28. The molecule has 3 N–H and O–H groups in total. The zero-order valence-electron chi connectivity index (χ0n) is 12.0. The van der Waals surface area contributed by atoms with Gasteiger partial charge in [0.1, 0.15) is 0 Å². The molecule has 0 bridgehead atoms. The van der Waals surface area contributed by atoms with Crippen LogP contribution in [-0.4, -0.2) is 32.0 Å². The Kier molecular flexibility index (Phi) is 5.40. The number of thiophene rings is 1. The normalized spacial score (nSPS) is 15.0. The summed E-state index contributed by atoms with van der Waals surface area (Å²) in [5.41, 5.74) is 0. The first-order valence-corrected chi connectivity index (χ1v) is 7.78. The van der Waals surface area contributed by atoms with Gasteiger partial charge in [-0.2, -0.15) is 0 Å². The molecule has 1 saturated carbocycles. The minimum absolute atomic E-state index is 0.184. The number of carbonyl (C=O) groups is 1. The maximum atomic E-state index is 11.4. The predicted molar refractivity (Wildman–Crippen MR) is 83.0 cm³/mol. The summed E-state index contributed by atoms with van der Waals surface area (Å²) in [5.74, 6) is 1.22. The maximum absolute atomic E-state index is 11.4. The lowest BCUT2D eigenvalue weighted by atomic mass is 10.4. The Morgan fingerprint density at radius 2 is 2.05 bits per heavy atom. The van der Waals surface area contributed by atoms with Gasteiger partial charge in [-0.05, 0) is 31.9 Å². The van der Waals surface area contributed by atoms with Crippen LogP contribution in [0.5, 0.6) is 0 Å². The van der Waals surface area contributed by atoms with Crippen molar-refractivity contribution in [1.82, 2.24) is 16.0 Å². The van der Waals surface area contributed by atoms with Crippen LogP contribution >= 0.6 is 11.3 Å². The van der Waals surface area contributed by atoms with E-state index in [0.717, 1.165) is 25.3 Å². The van der Waals surface area contributed by atoms with Crippen molar-refractivity contribution >= 4 is 23.2 Å². The first-order chi connectivity index (χ1) is 9.69. The molecule has 1 aromatic heterocycles. The van der Waals surface area contributed by atoms with E-state index in [0.29, 0.717) is 13.1 Å². The van der Waals surface area contributed by atoms with E-state index < -0.39 is 0 Å². The summed E-state index contributed by atoms with van der Waals surface area (Å²) in [6.07, 6.45) is 2.09. The van der Waals surface area contributed by atoms with Crippen LogP contribution in [0, 0.1) is 12.8 Å². The Morgan fingerprint density at radius 1 is 1.30 bits per heavy atom. The fourth-order valence-electron chi connectivity index (χ4n) is 1.83. The largest absolute Gasteiger partial charge is 0.355 e. The average molecular weight is 294 g/mol. The van der Waals surface area contributed by atoms with E-state index in [1.165, 1.54) is 9.75 Å². The molecule has 2 rings (SSSR count). The van der Waals surface area contributed by atoms with Gasteiger partial charge < -0.3 is 16.0 Å². The second-order valence-electron chi connectivity index (χ2n) is 4.93. The summed E-state index contributed by atoms with van der Waals surface area (Å²) < 4.78 is 0. The molecule has 0 atom stereocenters. The molecule has 110 valence electrons. The summed E-state index contributed by atoms with van der Waals surface area (Å²) in [6.45, 7) is 4.19. The highest BCUT2D eigenvalue weighted by Crippen LogP contribution is 2.28. The van der Waals surface area contributed by atoms with Crippen LogP contribution < -0.4 is 16.0 Å². The number of hydrogen-bond donors (Lipinski definition) is 3. The molecule has 1 aromatic rings. The van der Waals surface area contributed by atoms with Gasteiger partial charge in [0, 0.05) is 35.8 Å². The highest BCUT2D eigenvalue weighted by atomic mass is 32.1. The molecular formula is C14H22N4OS. The number of guanidine groups is 1. The number of nitrogens with one attached hydrogen (secondary N) is 3. The zero-order valence-corrected chi connectivity index (χ0v) is 12.8. The second-order valence-corrected chi connectivity index (χ2v) is 6.30. The maximum Gasteiger partial charge on any atom is 0.223 e. The Morgan fingerprint density at radius 3 is 2.65 bits per heavy atom. The lowest BCUT2D eigenvalue weighted by molar-refractivity contribution is -0.122. The van der Waals surface area contributed by atoms with Crippen LogP contribution in [0.25, 0.3) is 0 Å². The standard InChI is InChI=1S/C14H22N4OS/c1-10-3-6-12(20-10)9-18-14(15-2)17-8-7-16-13(19)11-4-5-11/h3,6,11H,4-5,7-9H2,1-2H3,(H,16,19)(H2,15,17,18). The molecule has 1 aliphatic rings. The molecule has 0 spiro atoms. The van der Waals surface area contributed by atoms with Gasteiger partial charge in [-0.1, -0.05) is 0 Å². The summed E-state index contributed by atoms with van der Waals surface area (Å²) in [5, 5.41) is 9.37. The molecule has 20 heavy (non-hydrogen) atoms. The van der Waals surface area contributed by atoms with Crippen LogP contribution in [0.3, 0.4) is 0 Å². The van der Waals surface area contributed by atoms with Crippen molar-refractivity contribution in [1.29, 1.82) is 0 Å². The minimum Gasteiger partial charge on any atom is -0.355 e. The van der Waals surface area contributed by atoms with Crippen molar-refractivity contribution in [2.75, 3.05) is 20.1 Å². The van der Waals surface area contributed by atoms with Gasteiger partial charge in [0.2, 0.25) is 5.91 Å². The van der Waals surface area contributed by atoms with E-state index in [9.17, 15) is 4.79 Å². The number of amides is 1. The summed E-state index contributed by atoms with van der Waals surface area (Å²) >= 11 is 1.78. The van der Waals surface area contributed by atoms with Crippen LogP contribution in [0.15, 0.2) is 17.1 Å². The lowest BCUT2D eigenvalue weighted by Gasteiger charge is -2.11. The zero-order chi connectivity index (χ0) is 14.4. The Bertz CT molecular complexity index is 479. The Hall–Kier alpha value is -1.56. The molecule has 0 radical (unpaired) electrons. The van der Waals surface area contributed by atoms with E-state index in [1.807, 2.05) is 0 Å². The van der Waals surface area contributed by atoms with Crippen molar-refractivity contribution in [2.24, 2.45) is 10.9 Å². The van der Waals surface area contributed by atoms with Crippen LogP contribution in [0.4, 0.5) is 0 Å². The third kappa shape index (κ3) is 4.85. The monoisotopic (exact) mass is 294 g/mol. The summed E-state index contributed by atoms with van der Waals surface area (Å²) in [4.78, 5) is 18.2. The van der Waals surface area contributed by atoms with Crippen LogP contribution in [0.2, 0.25) is 0 Å². The summed E-state index contributed by atoms with van der Waals surface area (Å²) in [7, 11) is 1.75. The molecule has 0 saturated heterocycles. The molecule has 0 unspecified atom stereocenters. The van der Waals surface area contributed by atoms with E-state index >= 15 is 0 Å². The highest BCUT2D eigenvalue weighted by Gasteiger charge is 2.28. The molecular weight excluding hydrogens is 272 g/mol. The molecule has 0 aliphatic heterocycles. The van der Waals surface area contributed by atoms with Crippen LogP contribution in [0.1, 0.15) is 22.6 Å². The van der Waals surface area contributed by atoms with Gasteiger partial charge in [-0.3, -0.25) is 9.79 Å². The number of aliphatic imine (C=N–C) groups is 1. The molecule has 1 amide bonds. The van der Waals surface area contributed by atoms with Crippen molar-refractivity contribution in [3.8, 4) is 0 Å². The third-order valence-corrected chi connectivity index (χ3v) is 4.12. The van der Waals surface area contributed by atoms with Gasteiger partial charge in [0.25, 0.3) is 0 Å². The third-order valence-electron chi connectivity index (χ3n) is 3.11. The van der Waals surface area contributed by atoms with Gasteiger partial charge in [-0.15, -0.1) is 11.3 Å². The van der Waals surface area contributed by atoms with E-state index in [1.54, 1.807) is 18.4 Å². The number of aryl methyl sites for hydroxylation is 1. The SMILES string of the molecule is CN=C(NCCNC(=O)C1CC1)NCc1ccc(C)s1. The fourth-order valence-corrected chi connectivity index (χ4v) is 2.66. The average Bonchev–Trinajstić information content (AvgIpc) is 3.21. The predicted octanol–water partition coefficient (Wildman–Crippen LogP) is 1.25. The summed E-state index contributed by atoms with van der Waals surface area (Å²) in [6, 6.07) is 4.24. The van der Waals surface area contributed by atoms with Crippen LogP contribution in [-0.2, 0) is 11.3 Å². The Labute approximate surface area is 123 Å². The van der Waals surface area contributed by atoms with Gasteiger partial charge in [0.05, 0.1) is 6.54 Å². The molecule has 1 aliphatic carbocycles. The first-order valence-electron chi connectivity index (χ1n) is 6.96. The van der Waals surface area contributed by atoms with E-state index in [-0.39, 0.29) is 11.8 Å². The highest BCUT2D eigenvalue weighted by molar-refractivity contribution is 7.11. The fraction of sp³-hybridized carbons (Fsp3) is 0.571. The molecule has 5 nitrogen and oxygen atoms in total. The van der Waals surface area contributed by atoms with Crippen molar-refractivity contribution in [3.05, 3.63) is 21.9 Å². The number of rotatable bonds is 6. The molecule has 0 aromatic carbocycles. The minimum atomic E-state index is 0.184. The van der Waals surface area contributed by atoms with Crippen molar-refractivity contribution < 1.29 is 4.79 Å². The van der Waals surface area contributed by atoms with Gasteiger partial charge in [0.15, 0.2) is 5.96 Å². The van der Waals surface area contributed by atoms with E-state index in [4.69, 9.17) is 0 Å². The number of hydrogen-bond acceptors (Lipinski definition) is 3. The molecule has 1 fully saturated rings. The van der Waals surface area contributed by atoms with Crippen molar-refractivity contribution in [3.63, 3.8) is 0 Å². The van der Waals surface area contributed by atoms with E-state index in [2.05, 4.69) is 40.0 Å². The number of carbonyl (C=O) groups excluding carboxylic acids is 1. The quantitative estimate of drug-likeness (QED) is 0.420. The van der Waals surface area contributed by atoms with Crippen molar-refractivity contribution in [2.45, 2.75) is 26.3 Å². The molecule has 6 heteroatoms. The topological polar surface area (TPSA) is 65.5 Å². The van der Waals surface area contributed by atoms with Gasteiger partial charge >= 0.3 is 0 Å². The number of nitrogens with zero attached hydrogens (tertiary/aromatic N) is 1. The smallest absolute Gasteiger partial charge is 0.223 e. The molecule has 1 heterocycles. The Balaban J connectivity index is 1.61. The van der Waals surface area contributed by atoms with Gasteiger partial charge in [-0.25, -0.2) is 0 Å².